The van der Waals surface area contributed by atoms with Crippen LogP contribution in [0.15, 0.2) is 88.4 Å². The molecule has 3 heterocycles. The minimum absolute atomic E-state index is 0.0594. The van der Waals surface area contributed by atoms with Crippen molar-refractivity contribution in [1.29, 1.82) is 0 Å². The van der Waals surface area contributed by atoms with E-state index in [4.69, 9.17) is 20.3 Å². The van der Waals surface area contributed by atoms with Crippen LogP contribution in [0.2, 0.25) is 0 Å². The second kappa shape index (κ2) is 11.3. The number of nitrogens with one attached hydrogen (secondary N) is 1. The lowest BCUT2D eigenvalue weighted by Crippen LogP contribution is -2.53. The number of benzene rings is 2. The predicted molar refractivity (Wildman–Crippen MR) is 150 cm³/mol. The standard InChI is InChI=1S/C31H38N5O2/c32-36-16-15-33-21-29(36)30(25-13-11-23(12-14-25)19-34-20-28-10-5-17-37-28)35-31(36)26-8-4-9-27(18-26)38-22-24-6-2-1-3-7-24/h1-4,6-9,15-16,18,21,23,25,28,34H,5,10-14,17,19-20,22,32H2/q+1. The zero-order valence-electron chi connectivity index (χ0n) is 22.0. The molecule has 0 amide bonds. The van der Waals surface area contributed by atoms with Gasteiger partial charge in [0, 0.05) is 19.1 Å². The Hall–Kier alpha value is -3.10. The van der Waals surface area contributed by atoms with Crippen LogP contribution in [0.25, 0.3) is 0 Å². The summed E-state index contributed by atoms with van der Waals surface area (Å²) in [4.78, 5) is 9.64. The molecule has 38 heavy (non-hydrogen) atoms. The van der Waals surface area contributed by atoms with Crippen LogP contribution in [0.3, 0.4) is 0 Å². The molecular weight excluding hydrogens is 474 g/mol. The van der Waals surface area contributed by atoms with E-state index in [-0.39, 0.29) is 4.59 Å². The Morgan fingerprint density at radius 3 is 2.68 bits per heavy atom. The number of hydrogen-bond acceptors (Lipinski definition) is 6. The molecule has 1 aliphatic carbocycles. The summed E-state index contributed by atoms with van der Waals surface area (Å²) in [6.07, 6.45) is 13.0. The lowest BCUT2D eigenvalue weighted by molar-refractivity contribution is -0.750. The minimum Gasteiger partial charge on any atom is -0.489 e. The zero-order chi connectivity index (χ0) is 25.8. The molecule has 6 rings (SSSR count). The van der Waals surface area contributed by atoms with Crippen molar-refractivity contribution >= 4 is 12.1 Å². The van der Waals surface area contributed by atoms with Crippen LogP contribution in [0, 0.1) is 11.8 Å². The first-order valence-electron chi connectivity index (χ1n) is 14.0. The van der Waals surface area contributed by atoms with Crippen molar-refractivity contribution in [2.75, 3.05) is 19.7 Å². The summed E-state index contributed by atoms with van der Waals surface area (Å²) in [5, 5.41) is 3.66. The molecule has 198 valence electrons. The number of nitrogens with two attached hydrogens (primary N) is 1. The van der Waals surface area contributed by atoms with Gasteiger partial charge in [0.1, 0.15) is 24.3 Å². The van der Waals surface area contributed by atoms with Crippen LogP contribution in [0.5, 0.6) is 5.75 Å². The van der Waals surface area contributed by atoms with Crippen molar-refractivity contribution in [3.8, 4) is 5.75 Å². The Morgan fingerprint density at radius 1 is 1.00 bits per heavy atom. The van der Waals surface area contributed by atoms with E-state index in [1.54, 1.807) is 6.20 Å². The number of hydrogen-bond donors (Lipinski definition) is 2. The van der Waals surface area contributed by atoms with E-state index in [2.05, 4.69) is 28.5 Å². The number of nitrogens with zero attached hydrogens (tertiary/aromatic N) is 3. The van der Waals surface area contributed by atoms with Crippen LogP contribution >= 0.6 is 0 Å². The number of quaternary nitrogens is 1. The molecule has 7 nitrogen and oxygen atoms in total. The van der Waals surface area contributed by atoms with Crippen molar-refractivity contribution in [2.45, 2.75) is 51.2 Å². The Morgan fingerprint density at radius 2 is 1.87 bits per heavy atom. The molecule has 1 saturated carbocycles. The Labute approximate surface area is 225 Å². The van der Waals surface area contributed by atoms with Gasteiger partial charge in [0.2, 0.25) is 5.70 Å². The van der Waals surface area contributed by atoms with E-state index >= 15 is 0 Å². The topological polar surface area (TPSA) is 81.2 Å². The highest BCUT2D eigenvalue weighted by Gasteiger charge is 2.46. The van der Waals surface area contributed by atoms with Gasteiger partial charge in [-0.25, -0.2) is 0 Å². The summed E-state index contributed by atoms with van der Waals surface area (Å²) in [5.41, 5.74) is 4.19. The third-order valence-electron chi connectivity index (χ3n) is 8.23. The average Bonchev–Trinajstić information content (AvgIpc) is 3.59. The van der Waals surface area contributed by atoms with Gasteiger partial charge < -0.3 is 14.8 Å². The second-order valence-electron chi connectivity index (χ2n) is 10.9. The van der Waals surface area contributed by atoms with Gasteiger partial charge in [0.25, 0.3) is 5.84 Å². The Bertz CT molecular complexity index is 1240. The van der Waals surface area contributed by atoms with Gasteiger partial charge >= 0.3 is 0 Å². The number of rotatable bonds is 9. The fraction of sp³-hybridized carbons (Fsp3) is 0.419. The van der Waals surface area contributed by atoms with E-state index in [0.717, 1.165) is 66.6 Å². The van der Waals surface area contributed by atoms with E-state index in [1.807, 2.05) is 48.8 Å². The summed E-state index contributed by atoms with van der Waals surface area (Å²) in [6.45, 7) is 3.49. The normalized spacial score (nSPS) is 28.4. The fourth-order valence-electron chi connectivity index (χ4n) is 6.07. The Kier molecular flexibility index (Phi) is 7.51. The van der Waals surface area contributed by atoms with Gasteiger partial charge in [-0.1, -0.05) is 36.4 Å². The monoisotopic (exact) mass is 512 g/mol. The smallest absolute Gasteiger partial charge is 0.265 e. The first-order chi connectivity index (χ1) is 18.7. The molecule has 0 aromatic heterocycles. The molecule has 0 radical (unpaired) electrons. The second-order valence-corrected chi connectivity index (χ2v) is 10.9. The van der Waals surface area contributed by atoms with Gasteiger partial charge in [-0.2, -0.15) is 10.8 Å². The van der Waals surface area contributed by atoms with Crippen LogP contribution < -0.4 is 15.9 Å². The predicted octanol–water partition coefficient (Wildman–Crippen LogP) is 5.06. The van der Waals surface area contributed by atoms with Crippen molar-refractivity contribution in [1.82, 2.24) is 5.32 Å². The molecule has 0 bridgehead atoms. The SMILES string of the molecule is N[N+]12C=CN=CC1=C(C1CCC(CNCC3CCCO3)CC1)N=C2c1cccc(OCc2ccccc2)c1. The largest absolute Gasteiger partial charge is 0.489 e. The summed E-state index contributed by atoms with van der Waals surface area (Å²) < 4.78 is 11.9. The molecule has 7 heteroatoms. The maximum atomic E-state index is 7.01. The van der Waals surface area contributed by atoms with E-state index in [9.17, 15) is 0 Å². The van der Waals surface area contributed by atoms with Crippen LogP contribution in [-0.4, -0.2) is 42.4 Å². The quantitative estimate of drug-likeness (QED) is 0.364. The van der Waals surface area contributed by atoms with E-state index in [1.165, 1.54) is 25.7 Å². The number of fused-ring (bicyclic) bond motifs is 1. The third-order valence-corrected chi connectivity index (χ3v) is 8.23. The van der Waals surface area contributed by atoms with Crippen molar-refractivity contribution in [2.24, 2.45) is 27.7 Å². The lowest BCUT2D eigenvalue weighted by atomic mass is 9.80. The van der Waals surface area contributed by atoms with Crippen molar-refractivity contribution in [3.05, 3.63) is 89.5 Å². The number of amidine groups is 1. The highest BCUT2D eigenvalue weighted by atomic mass is 16.5. The van der Waals surface area contributed by atoms with Crippen LogP contribution in [0.1, 0.15) is 49.7 Å². The molecular formula is C31H38N5O2+. The average molecular weight is 513 g/mol. The van der Waals surface area contributed by atoms with Gasteiger partial charge in [-0.05, 0) is 74.8 Å². The Balaban J connectivity index is 1.14. The number of ether oxygens (including phenoxy) is 2. The molecule has 1 saturated heterocycles. The van der Waals surface area contributed by atoms with Gasteiger partial charge in [0.05, 0.1) is 24.1 Å². The zero-order valence-corrected chi connectivity index (χ0v) is 22.0. The molecule has 2 fully saturated rings. The summed E-state index contributed by atoms with van der Waals surface area (Å²) in [6, 6.07) is 18.3. The highest BCUT2D eigenvalue weighted by molar-refractivity contribution is 6.00. The maximum Gasteiger partial charge on any atom is 0.265 e. The summed E-state index contributed by atoms with van der Waals surface area (Å²) in [5.74, 6) is 9.75. The first kappa shape index (κ1) is 25.2. The third kappa shape index (κ3) is 5.38. The number of allylic oxidation sites excluding steroid dienone is 2. The van der Waals surface area contributed by atoms with Gasteiger partial charge in [-0.3, -0.25) is 4.99 Å². The first-order valence-corrected chi connectivity index (χ1v) is 14.0. The number of aliphatic imine (C=N–C) groups is 2. The van der Waals surface area contributed by atoms with E-state index < -0.39 is 0 Å². The molecule has 2 atom stereocenters. The van der Waals surface area contributed by atoms with Gasteiger partial charge in [-0.15, -0.1) is 4.59 Å². The van der Waals surface area contributed by atoms with E-state index in [0.29, 0.717) is 24.5 Å². The molecule has 2 aromatic rings. The minimum atomic E-state index is 0.0594. The molecule has 2 unspecified atom stereocenters. The van der Waals surface area contributed by atoms with Crippen molar-refractivity contribution in [3.63, 3.8) is 0 Å². The summed E-state index contributed by atoms with van der Waals surface area (Å²) >= 11 is 0. The maximum absolute atomic E-state index is 7.01. The lowest BCUT2D eigenvalue weighted by Gasteiger charge is -2.29. The molecule has 3 N–H and O–H groups in total. The molecule has 0 spiro atoms. The van der Waals surface area contributed by atoms with Crippen LogP contribution in [-0.2, 0) is 11.3 Å². The molecule has 3 aliphatic heterocycles. The highest BCUT2D eigenvalue weighted by Crippen LogP contribution is 2.41. The molecule has 2 aromatic carbocycles. The fourth-order valence-corrected chi connectivity index (χ4v) is 6.07. The van der Waals surface area contributed by atoms with Crippen LogP contribution in [0.4, 0.5) is 0 Å². The van der Waals surface area contributed by atoms with Crippen molar-refractivity contribution < 1.29 is 14.1 Å². The summed E-state index contributed by atoms with van der Waals surface area (Å²) in [7, 11) is 0. The van der Waals surface area contributed by atoms with Gasteiger partial charge in [0.15, 0.2) is 0 Å². The molecule has 4 aliphatic rings.